The van der Waals surface area contributed by atoms with Crippen molar-refractivity contribution in [2.24, 2.45) is 5.92 Å². The summed E-state index contributed by atoms with van der Waals surface area (Å²) in [5, 5.41) is 13.6. The summed E-state index contributed by atoms with van der Waals surface area (Å²) in [6, 6.07) is -0.0654. The number of rotatable bonds is 3. The van der Waals surface area contributed by atoms with Crippen LogP contribution in [-0.4, -0.2) is 48.1 Å². The lowest BCUT2D eigenvalue weighted by Crippen LogP contribution is -2.33. The van der Waals surface area contributed by atoms with Gasteiger partial charge in [-0.1, -0.05) is 73.3 Å². The van der Waals surface area contributed by atoms with Crippen LogP contribution in [0.3, 0.4) is 0 Å². The van der Waals surface area contributed by atoms with Crippen molar-refractivity contribution in [1.82, 2.24) is 5.32 Å². The van der Waals surface area contributed by atoms with Gasteiger partial charge in [0.1, 0.15) is 0 Å². The van der Waals surface area contributed by atoms with Gasteiger partial charge in [0, 0.05) is 6.04 Å². The Balaban J connectivity index is 1.65. The molecule has 2 bridgehead atoms. The minimum absolute atomic E-state index is 0.00331. The van der Waals surface area contributed by atoms with Gasteiger partial charge in [0.2, 0.25) is 5.91 Å². The fourth-order valence-electron chi connectivity index (χ4n) is 4.95. The van der Waals surface area contributed by atoms with Gasteiger partial charge in [-0.2, -0.15) is 0 Å². The van der Waals surface area contributed by atoms with E-state index >= 15 is 0 Å². The molecule has 0 spiro atoms. The largest absolute Gasteiger partial charge is 0.389 e. The molecule has 35 heavy (non-hydrogen) atoms. The summed E-state index contributed by atoms with van der Waals surface area (Å²) in [5.74, 6) is 0.337. The van der Waals surface area contributed by atoms with Gasteiger partial charge < -0.3 is 19.9 Å². The first kappa shape index (κ1) is 27.4. The molecule has 0 unspecified atom stereocenters. The summed E-state index contributed by atoms with van der Waals surface area (Å²) in [6.45, 7) is 9.20. The zero-order chi connectivity index (χ0) is 25.0. The maximum atomic E-state index is 12.6. The molecule has 3 aliphatic rings. The molecule has 3 heterocycles. The first-order valence-corrected chi connectivity index (χ1v) is 13.1. The van der Waals surface area contributed by atoms with Gasteiger partial charge in [-0.05, 0) is 70.3 Å². The molecule has 0 aromatic rings. The lowest BCUT2D eigenvalue weighted by molar-refractivity contribution is -0.117. The van der Waals surface area contributed by atoms with E-state index in [2.05, 4.69) is 56.1 Å². The fraction of sp³-hybridized carbons (Fsp3) is 0.567. The molecule has 0 saturated carbocycles. The van der Waals surface area contributed by atoms with E-state index in [-0.39, 0.29) is 30.3 Å². The minimum atomic E-state index is -0.566. The van der Waals surface area contributed by atoms with Crippen molar-refractivity contribution in [2.45, 2.75) is 95.7 Å². The maximum Gasteiger partial charge on any atom is 0.243 e. The fourth-order valence-corrected chi connectivity index (χ4v) is 4.95. The van der Waals surface area contributed by atoms with Crippen LogP contribution >= 0.6 is 0 Å². The predicted molar refractivity (Wildman–Crippen MR) is 142 cm³/mol. The summed E-state index contributed by atoms with van der Waals surface area (Å²) in [6.07, 6.45) is 23.9. The number of carbonyl (C=O) groups excluding carboxylic acids is 1. The quantitative estimate of drug-likeness (QED) is 0.523. The number of hydrogen-bond acceptors (Lipinski definition) is 4. The van der Waals surface area contributed by atoms with Gasteiger partial charge in [0.15, 0.2) is 0 Å². The Labute approximate surface area is 211 Å². The van der Waals surface area contributed by atoms with E-state index in [0.29, 0.717) is 38.2 Å². The average molecular weight is 482 g/mol. The second kappa shape index (κ2) is 14.4. The first-order valence-electron chi connectivity index (χ1n) is 13.1. The van der Waals surface area contributed by atoms with E-state index in [9.17, 15) is 9.90 Å². The summed E-state index contributed by atoms with van der Waals surface area (Å²) in [4.78, 5) is 12.6. The topological polar surface area (TPSA) is 67.8 Å². The third-order valence-electron chi connectivity index (χ3n) is 6.72. The second-order valence-electron chi connectivity index (χ2n) is 10.3. The van der Waals surface area contributed by atoms with E-state index in [1.165, 1.54) is 5.57 Å². The standard InChI is InChI=1S/C30H43NO4/c1-22-16-17-34-28(20-22)13-5-9-25-8-4-10-26(32)19-23(2)18-24(3)21-29-14-6-11-27(35-29)12-7-15-30(33)31-25/h4-7,10-11,13,15-16,24-29,32H,2,8-9,12,14,17-21H2,1,3H3,(H,31,33)/t24-,25-,26+,27-,28+,29-/m0/s1. The lowest BCUT2D eigenvalue weighted by atomic mass is 9.91. The van der Waals surface area contributed by atoms with Crippen LogP contribution < -0.4 is 5.32 Å². The van der Waals surface area contributed by atoms with Crippen molar-refractivity contribution in [3.8, 4) is 0 Å². The second-order valence-corrected chi connectivity index (χ2v) is 10.3. The zero-order valence-corrected chi connectivity index (χ0v) is 21.4. The Bertz CT molecular complexity index is 852. The molecule has 3 aliphatic heterocycles. The maximum absolute atomic E-state index is 12.6. The molecule has 5 heteroatoms. The number of aliphatic hydroxyl groups is 1. The normalized spacial score (nSPS) is 33.7. The first-order chi connectivity index (χ1) is 16.9. The van der Waals surface area contributed by atoms with Crippen molar-refractivity contribution in [2.75, 3.05) is 6.61 Å². The number of nitrogens with one attached hydrogen (secondary N) is 1. The zero-order valence-electron chi connectivity index (χ0n) is 21.4. The molecule has 0 radical (unpaired) electrons. The number of ether oxygens (including phenoxy) is 2. The van der Waals surface area contributed by atoms with E-state index in [4.69, 9.17) is 9.47 Å². The molecule has 0 fully saturated rings. The number of fused-ring (bicyclic) bond motifs is 2. The number of aliphatic hydroxyl groups excluding tert-OH is 1. The third kappa shape index (κ3) is 10.5. The Morgan fingerprint density at radius 2 is 1.97 bits per heavy atom. The molecule has 1 amide bonds. The average Bonchev–Trinajstić information content (AvgIpc) is 2.78. The van der Waals surface area contributed by atoms with Gasteiger partial charge in [-0.3, -0.25) is 4.79 Å². The summed E-state index contributed by atoms with van der Waals surface area (Å²) >= 11 is 0. The molecule has 6 atom stereocenters. The minimum Gasteiger partial charge on any atom is -0.389 e. The highest BCUT2D eigenvalue weighted by Crippen LogP contribution is 2.25. The van der Waals surface area contributed by atoms with Gasteiger partial charge >= 0.3 is 0 Å². The van der Waals surface area contributed by atoms with Crippen LogP contribution in [0.2, 0.25) is 0 Å². The summed E-state index contributed by atoms with van der Waals surface area (Å²) in [7, 11) is 0. The van der Waals surface area contributed by atoms with Crippen molar-refractivity contribution >= 4 is 5.91 Å². The van der Waals surface area contributed by atoms with Crippen molar-refractivity contribution in [3.63, 3.8) is 0 Å². The van der Waals surface area contributed by atoms with Gasteiger partial charge in [0.05, 0.1) is 31.0 Å². The van der Waals surface area contributed by atoms with Crippen LogP contribution in [-0.2, 0) is 14.3 Å². The molecule has 192 valence electrons. The van der Waals surface area contributed by atoms with Gasteiger partial charge in [0.25, 0.3) is 0 Å². The van der Waals surface area contributed by atoms with Gasteiger partial charge in [-0.25, -0.2) is 0 Å². The molecule has 3 rings (SSSR count). The van der Waals surface area contributed by atoms with Crippen molar-refractivity contribution in [1.29, 1.82) is 0 Å². The summed E-state index contributed by atoms with van der Waals surface area (Å²) < 4.78 is 12.0. The number of amides is 1. The molecule has 5 nitrogen and oxygen atoms in total. The van der Waals surface area contributed by atoms with Crippen LogP contribution in [0.25, 0.3) is 0 Å². The SMILES string of the molecule is C=C1C[C@H](C)C[C@@H]2CC=C[C@@H](CC=CC(=O)N[C@H](CC=C[C@@H]3CC(C)=CCO3)CC=C[C@@H](O)C1)O2. The molecular formula is C30H43NO4. The number of carbonyl (C=O) groups is 1. The highest BCUT2D eigenvalue weighted by Gasteiger charge is 2.21. The van der Waals surface area contributed by atoms with Crippen molar-refractivity contribution in [3.05, 3.63) is 72.4 Å². The van der Waals surface area contributed by atoms with Crippen molar-refractivity contribution < 1.29 is 19.4 Å². The monoisotopic (exact) mass is 481 g/mol. The highest BCUT2D eigenvalue weighted by molar-refractivity contribution is 5.87. The Kier molecular flexibility index (Phi) is 11.2. The number of hydrogen-bond donors (Lipinski definition) is 2. The van der Waals surface area contributed by atoms with Gasteiger partial charge in [-0.15, -0.1) is 0 Å². The molecule has 0 aliphatic carbocycles. The van der Waals surface area contributed by atoms with Crippen LogP contribution in [0, 0.1) is 5.92 Å². The molecule has 0 saturated heterocycles. The molecule has 0 aromatic carbocycles. The van der Waals surface area contributed by atoms with Crippen LogP contribution in [0.4, 0.5) is 0 Å². The van der Waals surface area contributed by atoms with E-state index in [1.807, 2.05) is 18.2 Å². The Morgan fingerprint density at radius 1 is 1.14 bits per heavy atom. The van der Waals surface area contributed by atoms with Crippen LogP contribution in [0.15, 0.2) is 72.4 Å². The Hall–Kier alpha value is -2.21. The third-order valence-corrected chi connectivity index (χ3v) is 6.72. The molecule has 0 aromatic heterocycles. The van der Waals surface area contributed by atoms with E-state index in [1.54, 1.807) is 6.08 Å². The molecule has 2 N–H and O–H groups in total. The smallest absolute Gasteiger partial charge is 0.243 e. The highest BCUT2D eigenvalue weighted by atomic mass is 16.5. The Morgan fingerprint density at radius 3 is 2.80 bits per heavy atom. The lowest BCUT2D eigenvalue weighted by Gasteiger charge is -2.28. The van der Waals surface area contributed by atoms with Crippen LogP contribution in [0.1, 0.15) is 65.2 Å². The van der Waals surface area contributed by atoms with E-state index < -0.39 is 6.10 Å². The summed E-state index contributed by atoms with van der Waals surface area (Å²) in [5.41, 5.74) is 2.41. The van der Waals surface area contributed by atoms with Crippen LogP contribution in [0.5, 0.6) is 0 Å². The molecular weight excluding hydrogens is 438 g/mol. The van der Waals surface area contributed by atoms with E-state index in [0.717, 1.165) is 31.3 Å². The predicted octanol–water partition coefficient (Wildman–Crippen LogP) is 5.50.